The molecule has 1 aromatic rings. The van der Waals surface area contributed by atoms with Crippen molar-refractivity contribution >= 4 is 21.6 Å². The van der Waals surface area contributed by atoms with Crippen molar-refractivity contribution in [1.82, 2.24) is 9.62 Å². The van der Waals surface area contributed by atoms with E-state index in [1.165, 1.54) is 12.8 Å². The molecule has 1 aromatic carbocycles. The van der Waals surface area contributed by atoms with Gasteiger partial charge in [0, 0.05) is 18.7 Å². The quantitative estimate of drug-likeness (QED) is 0.765. The normalized spacial score (nSPS) is 18.9. The number of likely N-dealkylation sites (tertiary alicyclic amines) is 1. The van der Waals surface area contributed by atoms with Gasteiger partial charge in [-0.15, -0.1) is 0 Å². The Kier molecular flexibility index (Phi) is 5.53. The predicted molar refractivity (Wildman–Crippen MR) is 93.5 cm³/mol. The van der Waals surface area contributed by atoms with Crippen LogP contribution in [0.2, 0.25) is 0 Å². The Labute approximate surface area is 143 Å². The van der Waals surface area contributed by atoms with Crippen molar-refractivity contribution in [2.75, 3.05) is 31.5 Å². The van der Waals surface area contributed by atoms with Gasteiger partial charge in [0.15, 0.2) is 0 Å². The number of benzene rings is 1. The number of fused-ring (bicyclic) bond motifs is 1. The molecule has 0 unspecified atom stereocenters. The van der Waals surface area contributed by atoms with Crippen LogP contribution in [0.15, 0.2) is 23.1 Å². The van der Waals surface area contributed by atoms with Crippen LogP contribution in [0.3, 0.4) is 0 Å². The maximum atomic E-state index is 12.5. The summed E-state index contributed by atoms with van der Waals surface area (Å²) in [6, 6.07) is 4.94. The number of nitrogens with zero attached hydrogens (tertiary/aromatic N) is 1. The summed E-state index contributed by atoms with van der Waals surface area (Å²) in [5.74, 6) is -0.00982. The van der Waals surface area contributed by atoms with E-state index in [4.69, 9.17) is 0 Å². The highest BCUT2D eigenvalue weighted by molar-refractivity contribution is 7.89. The third kappa shape index (κ3) is 4.34. The topological polar surface area (TPSA) is 78.5 Å². The summed E-state index contributed by atoms with van der Waals surface area (Å²) in [6.45, 7) is 3.65. The van der Waals surface area contributed by atoms with E-state index < -0.39 is 10.0 Å². The third-order valence-electron chi connectivity index (χ3n) is 4.65. The van der Waals surface area contributed by atoms with E-state index in [0.717, 1.165) is 43.7 Å². The van der Waals surface area contributed by atoms with Crippen LogP contribution >= 0.6 is 0 Å². The average molecular weight is 351 g/mol. The molecule has 1 amide bonds. The summed E-state index contributed by atoms with van der Waals surface area (Å²) in [5.41, 5.74) is 1.62. The van der Waals surface area contributed by atoms with Crippen molar-refractivity contribution in [3.05, 3.63) is 23.8 Å². The van der Waals surface area contributed by atoms with Crippen LogP contribution in [-0.4, -0.2) is 45.4 Å². The second-order valence-electron chi connectivity index (χ2n) is 6.52. The molecule has 0 bridgehead atoms. The number of amides is 1. The SMILES string of the molecule is O=C1CCCc2cc(S(=O)(=O)NCCCN3CCCC3)ccc2N1. The molecule has 0 aliphatic carbocycles. The van der Waals surface area contributed by atoms with Crippen LogP contribution in [0.5, 0.6) is 0 Å². The first-order valence-corrected chi connectivity index (χ1v) is 10.2. The zero-order chi connectivity index (χ0) is 17.0. The van der Waals surface area contributed by atoms with Crippen LogP contribution in [0, 0.1) is 0 Å². The van der Waals surface area contributed by atoms with E-state index in [9.17, 15) is 13.2 Å². The zero-order valence-corrected chi connectivity index (χ0v) is 14.7. The molecule has 1 fully saturated rings. The van der Waals surface area contributed by atoms with E-state index in [1.54, 1.807) is 18.2 Å². The maximum absolute atomic E-state index is 12.5. The van der Waals surface area contributed by atoms with Crippen LogP contribution in [0.25, 0.3) is 0 Å². The maximum Gasteiger partial charge on any atom is 0.240 e. The van der Waals surface area contributed by atoms with Crippen molar-refractivity contribution in [3.8, 4) is 0 Å². The highest BCUT2D eigenvalue weighted by atomic mass is 32.2. The van der Waals surface area contributed by atoms with Gasteiger partial charge in [-0.1, -0.05) is 0 Å². The van der Waals surface area contributed by atoms with Crippen molar-refractivity contribution in [3.63, 3.8) is 0 Å². The first kappa shape index (κ1) is 17.4. The lowest BCUT2D eigenvalue weighted by Gasteiger charge is -2.15. The van der Waals surface area contributed by atoms with Crippen LogP contribution < -0.4 is 10.0 Å². The first-order valence-electron chi connectivity index (χ1n) is 8.69. The lowest BCUT2D eigenvalue weighted by Crippen LogP contribution is -2.28. The molecule has 6 nitrogen and oxygen atoms in total. The first-order chi connectivity index (χ1) is 11.5. The Morgan fingerprint density at radius 2 is 1.92 bits per heavy atom. The molecule has 0 saturated carbocycles. The molecule has 0 aromatic heterocycles. The van der Waals surface area contributed by atoms with Crippen molar-refractivity contribution < 1.29 is 13.2 Å². The van der Waals surface area contributed by atoms with Gasteiger partial charge in [0.2, 0.25) is 15.9 Å². The number of aryl methyl sites for hydroxylation is 1. The number of rotatable bonds is 6. The molecule has 24 heavy (non-hydrogen) atoms. The second kappa shape index (κ2) is 7.63. The van der Waals surface area contributed by atoms with Crippen LogP contribution in [0.1, 0.15) is 37.7 Å². The number of sulfonamides is 1. The van der Waals surface area contributed by atoms with Gasteiger partial charge in [0.1, 0.15) is 0 Å². The fourth-order valence-electron chi connectivity index (χ4n) is 3.32. The number of carbonyl (C=O) groups is 1. The molecule has 0 radical (unpaired) electrons. The number of hydrogen-bond acceptors (Lipinski definition) is 4. The Bertz CT molecular complexity index is 697. The molecular weight excluding hydrogens is 326 g/mol. The summed E-state index contributed by atoms with van der Waals surface area (Å²) in [5, 5.41) is 2.82. The molecule has 2 aliphatic rings. The Morgan fingerprint density at radius 1 is 1.12 bits per heavy atom. The fraction of sp³-hybridized carbons (Fsp3) is 0.588. The molecule has 0 spiro atoms. The summed E-state index contributed by atoms with van der Waals surface area (Å²) in [7, 11) is -3.50. The smallest absolute Gasteiger partial charge is 0.240 e. The van der Waals surface area contributed by atoms with Gasteiger partial charge < -0.3 is 10.2 Å². The standard InChI is InChI=1S/C17H25N3O3S/c21-17-6-3-5-14-13-15(7-8-16(14)19-17)24(22,23)18-9-4-12-20-10-1-2-11-20/h7-8,13,18H,1-6,9-12H2,(H,19,21). The average Bonchev–Trinajstić information content (AvgIpc) is 2.99. The van der Waals surface area contributed by atoms with Crippen molar-refractivity contribution in [1.29, 1.82) is 0 Å². The molecule has 2 N–H and O–H groups in total. The summed E-state index contributed by atoms with van der Waals surface area (Å²) in [4.78, 5) is 14.2. The lowest BCUT2D eigenvalue weighted by molar-refractivity contribution is -0.116. The van der Waals surface area contributed by atoms with E-state index in [2.05, 4.69) is 14.9 Å². The molecular formula is C17H25N3O3S. The van der Waals surface area contributed by atoms with Gasteiger partial charge in [-0.05, 0) is 75.5 Å². The van der Waals surface area contributed by atoms with Crippen molar-refractivity contribution in [2.45, 2.75) is 43.4 Å². The molecule has 132 valence electrons. The minimum atomic E-state index is -3.50. The van der Waals surface area contributed by atoms with Gasteiger partial charge in [-0.2, -0.15) is 0 Å². The molecule has 3 rings (SSSR count). The van der Waals surface area contributed by atoms with Crippen LogP contribution in [-0.2, 0) is 21.2 Å². The predicted octanol–water partition coefficient (Wildman–Crippen LogP) is 1.73. The molecule has 1 saturated heterocycles. The minimum absolute atomic E-state index is 0.00982. The molecule has 2 heterocycles. The van der Waals surface area contributed by atoms with E-state index >= 15 is 0 Å². The van der Waals surface area contributed by atoms with Crippen molar-refractivity contribution in [2.24, 2.45) is 0 Å². The molecule has 2 aliphatic heterocycles. The highest BCUT2D eigenvalue weighted by Crippen LogP contribution is 2.25. The summed E-state index contributed by atoms with van der Waals surface area (Å²) >= 11 is 0. The number of hydrogen-bond donors (Lipinski definition) is 2. The van der Waals surface area contributed by atoms with Crippen LogP contribution in [0.4, 0.5) is 5.69 Å². The highest BCUT2D eigenvalue weighted by Gasteiger charge is 2.19. The zero-order valence-electron chi connectivity index (χ0n) is 13.9. The number of anilines is 1. The van der Waals surface area contributed by atoms with Gasteiger partial charge in [0.25, 0.3) is 0 Å². The number of nitrogens with one attached hydrogen (secondary N) is 2. The minimum Gasteiger partial charge on any atom is -0.326 e. The largest absolute Gasteiger partial charge is 0.326 e. The van der Waals surface area contributed by atoms with Gasteiger partial charge in [-0.25, -0.2) is 13.1 Å². The van der Waals surface area contributed by atoms with E-state index in [1.807, 2.05) is 0 Å². The van der Waals surface area contributed by atoms with E-state index in [0.29, 0.717) is 19.4 Å². The van der Waals surface area contributed by atoms with Gasteiger partial charge in [-0.3, -0.25) is 4.79 Å². The van der Waals surface area contributed by atoms with Gasteiger partial charge in [0.05, 0.1) is 4.90 Å². The molecule has 7 heteroatoms. The number of carbonyl (C=O) groups excluding carboxylic acids is 1. The summed E-state index contributed by atoms with van der Waals surface area (Å²) < 4.78 is 27.6. The molecule has 0 atom stereocenters. The Hall–Kier alpha value is -1.44. The summed E-state index contributed by atoms with van der Waals surface area (Å²) in [6.07, 6.45) is 5.25. The lowest BCUT2D eigenvalue weighted by atomic mass is 10.1. The Balaban J connectivity index is 1.59. The third-order valence-corrected chi connectivity index (χ3v) is 6.11. The second-order valence-corrected chi connectivity index (χ2v) is 8.29. The van der Waals surface area contributed by atoms with Gasteiger partial charge >= 0.3 is 0 Å². The Morgan fingerprint density at radius 3 is 2.71 bits per heavy atom. The fourth-order valence-corrected chi connectivity index (χ4v) is 4.44. The van der Waals surface area contributed by atoms with E-state index in [-0.39, 0.29) is 10.8 Å². The monoisotopic (exact) mass is 351 g/mol.